The van der Waals surface area contributed by atoms with Crippen molar-refractivity contribution in [2.45, 2.75) is 51.1 Å². The van der Waals surface area contributed by atoms with E-state index in [1.165, 1.54) is 59.4 Å². The summed E-state index contributed by atoms with van der Waals surface area (Å²) in [5, 5.41) is 5.04. The Balaban J connectivity index is 1.79. The van der Waals surface area contributed by atoms with Crippen LogP contribution in [0.2, 0.25) is 0 Å². The van der Waals surface area contributed by atoms with Crippen molar-refractivity contribution in [1.29, 1.82) is 0 Å². The summed E-state index contributed by atoms with van der Waals surface area (Å²) >= 11 is 1.40. The Morgan fingerprint density at radius 2 is 2.00 bits per heavy atom. The van der Waals surface area contributed by atoms with Crippen LogP contribution in [0, 0.1) is 12.7 Å². The molecule has 1 aliphatic carbocycles. The molecule has 1 N–H and O–H groups in total. The maximum atomic E-state index is 14.2. The zero-order valence-corrected chi connectivity index (χ0v) is 18.6. The third-order valence-corrected chi connectivity index (χ3v) is 6.77. The van der Waals surface area contributed by atoms with E-state index in [9.17, 15) is 14.0 Å². The molecule has 2 heterocycles. The predicted octanol–water partition coefficient (Wildman–Crippen LogP) is 4.82. The second-order valence-corrected chi connectivity index (χ2v) is 8.91. The molecule has 1 aromatic carbocycles. The van der Waals surface area contributed by atoms with Crippen molar-refractivity contribution in [3.8, 4) is 0 Å². The fraction of sp³-hybridized carbons (Fsp3) is 0.333. The number of nitrogens with zero attached hydrogens (tertiary/aromatic N) is 3. The second-order valence-electron chi connectivity index (χ2n) is 7.96. The van der Waals surface area contributed by atoms with Gasteiger partial charge in [0, 0.05) is 29.0 Å². The van der Waals surface area contributed by atoms with Crippen molar-refractivity contribution < 1.29 is 14.0 Å². The van der Waals surface area contributed by atoms with Gasteiger partial charge in [-0.05, 0) is 55.0 Å². The monoisotopic (exact) mass is 452 g/mol. The van der Waals surface area contributed by atoms with Crippen LogP contribution < -0.4 is 10.2 Å². The van der Waals surface area contributed by atoms with Crippen LogP contribution in [0.4, 0.5) is 10.1 Å². The maximum absolute atomic E-state index is 14.2. The molecule has 4 rings (SSSR count). The molecule has 0 saturated heterocycles. The Morgan fingerprint density at radius 3 is 2.66 bits per heavy atom. The molecule has 0 bridgehead atoms. The zero-order valence-electron chi connectivity index (χ0n) is 17.8. The molecule has 1 atom stereocenters. The van der Waals surface area contributed by atoms with Crippen LogP contribution in [0.1, 0.15) is 59.1 Å². The number of amides is 2. The number of anilines is 1. The fourth-order valence-electron chi connectivity index (χ4n) is 4.09. The zero-order chi connectivity index (χ0) is 22.5. The highest BCUT2D eigenvalue weighted by molar-refractivity contribution is 7.10. The maximum Gasteiger partial charge on any atom is 0.279 e. The highest BCUT2D eigenvalue weighted by Gasteiger charge is 2.36. The first-order valence-corrected chi connectivity index (χ1v) is 11.6. The smallest absolute Gasteiger partial charge is 0.279 e. The molecule has 0 spiro atoms. The number of hydrogen-bond acceptors (Lipinski definition) is 5. The largest absolute Gasteiger partial charge is 0.351 e. The molecule has 3 aromatic rings. The number of thiophene rings is 1. The summed E-state index contributed by atoms with van der Waals surface area (Å²) in [5.41, 5.74) is 1.27. The highest BCUT2D eigenvalue weighted by atomic mass is 32.1. The molecule has 8 heteroatoms. The van der Waals surface area contributed by atoms with Crippen molar-refractivity contribution in [3.05, 3.63) is 76.3 Å². The van der Waals surface area contributed by atoms with Gasteiger partial charge in [0.05, 0.1) is 6.20 Å². The Labute approximate surface area is 190 Å². The van der Waals surface area contributed by atoms with Crippen LogP contribution in [0.15, 0.2) is 54.3 Å². The molecule has 6 nitrogen and oxygen atoms in total. The number of aryl methyl sites for hydroxylation is 1. The Bertz CT molecular complexity index is 1080. The van der Waals surface area contributed by atoms with E-state index in [0.29, 0.717) is 0 Å². The van der Waals surface area contributed by atoms with Crippen LogP contribution in [-0.2, 0) is 4.79 Å². The lowest BCUT2D eigenvalue weighted by Crippen LogP contribution is -2.47. The van der Waals surface area contributed by atoms with Crippen molar-refractivity contribution in [2.24, 2.45) is 0 Å². The third-order valence-electron chi connectivity index (χ3n) is 5.70. The third kappa shape index (κ3) is 4.85. The molecule has 1 fully saturated rings. The Kier molecular flexibility index (Phi) is 6.90. The van der Waals surface area contributed by atoms with Gasteiger partial charge in [-0.2, -0.15) is 0 Å². The van der Waals surface area contributed by atoms with E-state index in [-0.39, 0.29) is 23.3 Å². The van der Waals surface area contributed by atoms with Gasteiger partial charge in [0.15, 0.2) is 6.04 Å². The van der Waals surface area contributed by atoms with Crippen LogP contribution in [0.3, 0.4) is 0 Å². The minimum absolute atomic E-state index is 0.0694. The summed E-state index contributed by atoms with van der Waals surface area (Å²) in [6.07, 6.45) is 9.39. The summed E-state index contributed by atoms with van der Waals surface area (Å²) in [7, 11) is 0. The number of benzene rings is 1. The normalized spacial score (nSPS) is 15.2. The van der Waals surface area contributed by atoms with E-state index >= 15 is 0 Å². The van der Waals surface area contributed by atoms with Crippen LogP contribution in [0.25, 0.3) is 0 Å². The highest BCUT2D eigenvalue weighted by Crippen LogP contribution is 2.35. The van der Waals surface area contributed by atoms with Gasteiger partial charge in [-0.25, -0.2) is 9.37 Å². The molecule has 166 valence electrons. The first-order valence-electron chi connectivity index (χ1n) is 10.7. The van der Waals surface area contributed by atoms with Gasteiger partial charge in [-0.3, -0.25) is 19.5 Å². The SMILES string of the molecule is Cc1ccsc1[C@@H](C(=O)NC1CCCCC1)N(C(=O)c1cnccn1)c1cccc(F)c1. The van der Waals surface area contributed by atoms with Gasteiger partial charge >= 0.3 is 0 Å². The fourth-order valence-corrected chi connectivity index (χ4v) is 5.10. The molecule has 0 radical (unpaired) electrons. The van der Waals surface area contributed by atoms with Gasteiger partial charge < -0.3 is 5.32 Å². The minimum atomic E-state index is -0.951. The number of hydrogen-bond donors (Lipinski definition) is 1. The summed E-state index contributed by atoms with van der Waals surface area (Å²) in [6.45, 7) is 1.91. The average Bonchev–Trinajstić information content (AvgIpc) is 3.23. The molecule has 0 aliphatic heterocycles. The van der Waals surface area contributed by atoms with Crippen LogP contribution in [0.5, 0.6) is 0 Å². The topological polar surface area (TPSA) is 75.2 Å². The number of carbonyl (C=O) groups is 2. The van der Waals surface area contributed by atoms with E-state index in [4.69, 9.17) is 0 Å². The number of halogens is 1. The predicted molar refractivity (Wildman–Crippen MR) is 122 cm³/mol. The van der Waals surface area contributed by atoms with Gasteiger partial charge in [0.25, 0.3) is 5.91 Å². The summed E-state index contributed by atoms with van der Waals surface area (Å²) in [4.78, 5) is 37.5. The van der Waals surface area contributed by atoms with Crippen molar-refractivity contribution in [3.63, 3.8) is 0 Å². The number of carbonyl (C=O) groups excluding carboxylic acids is 2. The molecular weight excluding hydrogens is 427 g/mol. The first kappa shape index (κ1) is 22.1. The summed E-state index contributed by atoms with van der Waals surface area (Å²) < 4.78 is 14.2. The average molecular weight is 453 g/mol. The van der Waals surface area contributed by atoms with Gasteiger partial charge in [0.2, 0.25) is 5.91 Å². The number of aromatic nitrogens is 2. The molecular formula is C24H25FN4O2S. The quantitative estimate of drug-likeness (QED) is 0.582. The molecule has 1 aliphatic rings. The number of rotatable bonds is 6. The van der Waals surface area contributed by atoms with E-state index in [0.717, 1.165) is 36.1 Å². The van der Waals surface area contributed by atoms with E-state index < -0.39 is 17.8 Å². The molecule has 0 unspecified atom stereocenters. The summed E-state index contributed by atoms with van der Waals surface area (Å²) in [6, 6.07) is 6.76. The molecule has 1 saturated carbocycles. The summed E-state index contributed by atoms with van der Waals surface area (Å²) in [5.74, 6) is -1.28. The number of nitrogens with one attached hydrogen (secondary N) is 1. The second kappa shape index (κ2) is 9.99. The lowest BCUT2D eigenvalue weighted by atomic mass is 9.95. The van der Waals surface area contributed by atoms with Crippen molar-refractivity contribution in [2.75, 3.05) is 4.90 Å². The Morgan fingerprint density at radius 1 is 1.19 bits per heavy atom. The standard InChI is InChI=1S/C24H25FN4O2S/c1-16-10-13-32-22(16)21(23(30)28-18-7-3-2-4-8-18)29(19-9-5-6-17(25)14-19)24(31)20-15-26-11-12-27-20/h5-6,9-15,18,21H,2-4,7-8H2,1H3,(H,28,30)/t21-/m0/s1. The van der Waals surface area contributed by atoms with Crippen molar-refractivity contribution in [1.82, 2.24) is 15.3 Å². The van der Waals surface area contributed by atoms with Crippen molar-refractivity contribution >= 4 is 28.8 Å². The van der Waals surface area contributed by atoms with E-state index in [1.54, 1.807) is 6.07 Å². The van der Waals surface area contributed by atoms with Gasteiger partial charge in [-0.15, -0.1) is 11.3 Å². The minimum Gasteiger partial charge on any atom is -0.351 e. The lowest BCUT2D eigenvalue weighted by molar-refractivity contribution is -0.123. The first-order chi connectivity index (χ1) is 15.5. The molecule has 2 amide bonds. The van der Waals surface area contributed by atoms with Crippen LogP contribution >= 0.6 is 11.3 Å². The van der Waals surface area contributed by atoms with Gasteiger partial charge in [-0.1, -0.05) is 25.3 Å². The van der Waals surface area contributed by atoms with Gasteiger partial charge in [0.1, 0.15) is 11.5 Å². The van der Waals surface area contributed by atoms with E-state index in [1.807, 2.05) is 18.4 Å². The molecule has 2 aromatic heterocycles. The Hall–Kier alpha value is -3.13. The molecule has 32 heavy (non-hydrogen) atoms. The lowest BCUT2D eigenvalue weighted by Gasteiger charge is -2.33. The van der Waals surface area contributed by atoms with E-state index in [2.05, 4.69) is 15.3 Å². The van der Waals surface area contributed by atoms with Crippen LogP contribution in [-0.4, -0.2) is 27.8 Å².